The minimum atomic E-state index is -4.19. The van der Waals surface area contributed by atoms with Crippen LogP contribution >= 0.6 is 24.0 Å². The molecule has 4 nitrogen and oxygen atoms in total. The lowest BCUT2D eigenvalue weighted by Crippen LogP contribution is -2.39. The minimum absolute atomic E-state index is 0. The van der Waals surface area contributed by atoms with Gasteiger partial charge in [-0.3, -0.25) is 4.99 Å². The van der Waals surface area contributed by atoms with Crippen LogP contribution in [-0.4, -0.2) is 38.4 Å². The highest BCUT2D eigenvalue weighted by atomic mass is 127. The lowest BCUT2D eigenvalue weighted by atomic mass is 10.2. The van der Waals surface area contributed by atoms with Gasteiger partial charge >= 0.3 is 6.18 Å². The van der Waals surface area contributed by atoms with Crippen molar-refractivity contribution in [2.45, 2.75) is 26.4 Å². The van der Waals surface area contributed by atoms with E-state index in [1.807, 2.05) is 38.1 Å². The second kappa shape index (κ2) is 11.4. The third-order valence-corrected chi connectivity index (χ3v) is 2.69. The highest BCUT2D eigenvalue weighted by molar-refractivity contribution is 14.0. The Balaban J connectivity index is 0.00000484. The Morgan fingerprint density at radius 2 is 1.83 bits per heavy atom. The molecule has 0 heterocycles. The second-order valence-electron chi connectivity index (χ2n) is 4.71. The van der Waals surface area contributed by atoms with Gasteiger partial charge in [0.15, 0.2) is 5.96 Å². The van der Waals surface area contributed by atoms with Gasteiger partial charge < -0.3 is 15.4 Å². The molecule has 0 unspecified atom stereocenters. The Hall–Kier alpha value is -1.19. The second-order valence-corrected chi connectivity index (χ2v) is 4.71. The van der Waals surface area contributed by atoms with Gasteiger partial charge in [0.2, 0.25) is 0 Å². The number of guanidine groups is 1. The number of hydrogen-bond acceptors (Lipinski definition) is 2. The summed E-state index contributed by atoms with van der Waals surface area (Å²) in [6.45, 7) is 4.97. The van der Waals surface area contributed by atoms with Crippen molar-refractivity contribution in [3.8, 4) is 5.75 Å². The molecule has 0 aromatic heterocycles. The molecule has 0 aliphatic rings. The van der Waals surface area contributed by atoms with Gasteiger partial charge in [-0.05, 0) is 26.0 Å². The molecule has 0 aliphatic heterocycles. The number of hydrogen-bond donors (Lipinski definition) is 2. The maximum atomic E-state index is 12.1. The van der Waals surface area contributed by atoms with Gasteiger partial charge in [0.05, 0.1) is 19.5 Å². The molecule has 0 fully saturated rings. The fourth-order valence-electron chi connectivity index (χ4n) is 1.61. The molecule has 0 saturated carbocycles. The summed E-state index contributed by atoms with van der Waals surface area (Å²) < 4.78 is 41.8. The average molecular weight is 445 g/mol. The van der Waals surface area contributed by atoms with Crippen molar-refractivity contribution in [2.24, 2.45) is 4.99 Å². The monoisotopic (exact) mass is 445 g/mol. The zero-order valence-electron chi connectivity index (χ0n) is 13.2. The van der Waals surface area contributed by atoms with Crippen LogP contribution in [0.2, 0.25) is 0 Å². The number of ether oxygens (including phenoxy) is 1. The third-order valence-electron chi connectivity index (χ3n) is 2.69. The molecule has 1 aromatic carbocycles. The molecule has 0 atom stereocenters. The van der Waals surface area contributed by atoms with E-state index in [4.69, 9.17) is 4.74 Å². The molecular formula is C15H23F3IN3O. The van der Waals surface area contributed by atoms with Crippen LogP contribution < -0.4 is 15.4 Å². The lowest BCUT2D eigenvalue weighted by molar-refractivity contribution is -0.132. The molecule has 0 saturated heterocycles. The highest BCUT2D eigenvalue weighted by Gasteiger charge is 2.26. The molecule has 1 rings (SSSR count). The van der Waals surface area contributed by atoms with Crippen LogP contribution in [0, 0.1) is 6.92 Å². The summed E-state index contributed by atoms with van der Waals surface area (Å²) >= 11 is 0. The summed E-state index contributed by atoms with van der Waals surface area (Å²) in [6.07, 6.45) is -5.11. The number of nitrogens with one attached hydrogen (secondary N) is 2. The van der Waals surface area contributed by atoms with Gasteiger partial charge in [-0.1, -0.05) is 17.7 Å². The SMILES string of the molecule is CCNC(=NCCC(F)(F)F)NCCOc1ccc(C)cc1.I. The first kappa shape index (κ1) is 21.8. The van der Waals surface area contributed by atoms with Gasteiger partial charge in [-0.25, -0.2) is 0 Å². The largest absolute Gasteiger partial charge is 0.492 e. The van der Waals surface area contributed by atoms with Crippen LogP contribution in [0.5, 0.6) is 5.75 Å². The highest BCUT2D eigenvalue weighted by Crippen LogP contribution is 2.18. The predicted molar refractivity (Wildman–Crippen MR) is 96.7 cm³/mol. The molecule has 2 N–H and O–H groups in total. The van der Waals surface area contributed by atoms with E-state index < -0.39 is 12.6 Å². The maximum absolute atomic E-state index is 12.1. The van der Waals surface area contributed by atoms with Crippen molar-refractivity contribution in [3.05, 3.63) is 29.8 Å². The summed E-state index contributed by atoms with van der Waals surface area (Å²) in [5.74, 6) is 1.12. The lowest BCUT2D eigenvalue weighted by Gasteiger charge is -2.12. The van der Waals surface area contributed by atoms with Gasteiger partial charge in [-0.2, -0.15) is 13.2 Å². The Bertz CT molecular complexity index is 464. The molecule has 8 heteroatoms. The van der Waals surface area contributed by atoms with Crippen molar-refractivity contribution in [1.29, 1.82) is 0 Å². The molecule has 0 spiro atoms. The molecule has 0 aliphatic carbocycles. The first-order valence-corrected chi connectivity index (χ1v) is 7.19. The molecule has 23 heavy (non-hydrogen) atoms. The Kier molecular flexibility index (Phi) is 10.8. The van der Waals surface area contributed by atoms with Crippen molar-refractivity contribution >= 4 is 29.9 Å². The molecule has 1 aromatic rings. The zero-order valence-corrected chi connectivity index (χ0v) is 15.6. The summed E-state index contributed by atoms with van der Waals surface area (Å²) in [5.41, 5.74) is 1.15. The number of nitrogens with zero attached hydrogens (tertiary/aromatic N) is 1. The number of alkyl halides is 3. The zero-order chi connectivity index (χ0) is 16.4. The Labute approximate surface area is 151 Å². The fraction of sp³-hybridized carbons (Fsp3) is 0.533. The Morgan fingerprint density at radius 3 is 2.39 bits per heavy atom. The molecule has 132 valence electrons. The van der Waals surface area contributed by atoms with Crippen LogP contribution in [0.15, 0.2) is 29.3 Å². The summed E-state index contributed by atoms with van der Waals surface area (Å²) in [7, 11) is 0. The van der Waals surface area contributed by atoms with Crippen LogP contribution in [0.25, 0.3) is 0 Å². The van der Waals surface area contributed by atoms with E-state index in [1.165, 1.54) is 0 Å². The predicted octanol–water partition coefficient (Wildman–Crippen LogP) is 3.50. The van der Waals surface area contributed by atoms with E-state index in [9.17, 15) is 13.2 Å². The summed E-state index contributed by atoms with van der Waals surface area (Å²) in [4.78, 5) is 3.87. The van der Waals surface area contributed by atoms with E-state index >= 15 is 0 Å². The third kappa shape index (κ3) is 11.1. The van der Waals surface area contributed by atoms with E-state index in [0.717, 1.165) is 11.3 Å². The van der Waals surface area contributed by atoms with E-state index in [-0.39, 0.29) is 30.5 Å². The van der Waals surface area contributed by atoms with Crippen LogP contribution in [-0.2, 0) is 0 Å². The molecular weight excluding hydrogens is 422 g/mol. The van der Waals surface area contributed by atoms with Crippen LogP contribution in [0.3, 0.4) is 0 Å². The smallest absolute Gasteiger partial charge is 0.390 e. The quantitative estimate of drug-likeness (QED) is 0.293. The fourth-order valence-corrected chi connectivity index (χ4v) is 1.61. The summed E-state index contributed by atoms with van der Waals surface area (Å²) in [6, 6.07) is 7.65. The van der Waals surface area contributed by atoms with Gasteiger partial charge in [0.1, 0.15) is 12.4 Å². The number of aliphatic imine (C=N–C) groups is 1. The van der Waals surface area contributed by atoms with Crippen molar-refractivity contribution in [1.82, 2.24) is 10.6 Å². The Morgan fingerprint density at radius 1 is 1.17 bits per heavy atom. The normalized spacial score (nSPS) is 11.6. The van der Waals surface area contributed by atoms with Crippen LogP contribution in [0.1, 0.15) is 18.9 Å². The van der Waals surface area contributed by atoms with Gasteiger partial charge in [-0.15, -0.1) is 24.0 Å². The van der Waals surface area contributed by atoms with Crippen molar-refractivity contribution in [3.63, 3.8) is 0 Å². The van der Waals surface area contributed by atoms with Crippen molar-refractivity contribution < 1.29 is 17.9 Å². The number of benzene rings is 1. The standard InChI is InChI=1S/C15H22F3N3O.HI/c1-3-19-14(20-9-8-15(16,17)18)21-10-11-22-13-6-4-12(2)5-7-13;/h4-7H,3,8-11H2,1-2H3,(H2,19,20,21);1H. The number of halogens is 4. The molecule has 0 amide bonds. The average Bonchev–Trinajstić information content (AvgIpc) is 2.44. The number of aryl methyl sites for hydroxylation is 1. The van der Waals surface area contributed by atoms with E-state index in [2.05, 4.69) is 15.6 Å². The summed E-state index contributed by atoms with van der Waals surface area (Å²) in [5, 5.41) is 5.83. The van der Waals surface area contributed by atoms with E-state index in [1.54, 1.807) is 0 Å². The van der Waals surface area contributed by atoms with Crippen molar-refractivity contribution in [2.75, 3.05) is 26.2 Å². The van der Waals surface area contributed by atoms with Crippen LogP contribution in [0.4, 0.5) is 13.2 Å². The van der Waals surface area contributed by atoms with Gasteiger partial charge in [0.25, 0.3) is 0 Å². The molecule has 0 bridgehead atoms. The topological polar surface area (TPSA) is 45.7 Å². The first-order chi connectivity index (χ1) is 10.4. The maximum Gasteiger partial charge on any atom is 0.390 e. The minimum Gasteiger partial charge on any atom is -0.492 e. The molecule has 0 radical (unpaired) electrons. The first-order valence-electron chi connectivity index (χ1n) is 7.19. The van der Waals surface area contributed by atoms with E-state index in [0.29, 0.717) is 25.7 Å². The van der Waals surface area contributed by atoms with Gasteiger partial charge in [0, 0.05) is 6.54 Å². The number of rotatable bonds is 7.